The van der Waals surface area contributed by atoms with Crippen molar-refractivity contribution in [1.82, 2.24) is 4.90 Å². The molecular weight excluding hydrogens is 203 g/mol. The summed E-state index contributed by atoms with van der Waals surface area (Å²) in [6.07, 6.45) is 0.635. The SMILES string of the molecule is CC(C)N(CCC#N)C(C)C.PCl. The first-order valence-corrected chi connectivity index (χ1v) is 6.18. The predicted molar refractivity (Wildman–Crippen MR) is 62.8 cm³/mol. The molecule has 4 heteroatoms. The molecule has 1 unspecified atom stereocenters. The van der Waals surface area contributed by atoms with Gasteiger partial charge in [0.2, 0.25) is 0 Å². The van der Waals surface area contributed by atoms with E-state index in [2.05, 4.69) is 49.9 Å². The van der Waals surface area contributed by atoms with Crippen LogP contribution in [0.1, 0.15) is 34.1 Å². The van der Waals surface area contributed by atoms with E-state index in [0.29, 0.717) is 18.5 Å². The molecule has 0 fully saturated rings. The molecule has 0 heterocycles. The van der Waals surface area contributed by atoms with Gasteiger partial charge in [-0.25, -0.2) is 0 Å². The van der Waals surface area contributed by atoms with E-state index < -0.39 is 0 Å². The summed E-state index contributed by atoms with van der Waals surface area (Å²) in [5.41, 5.74) is 0. The summed E-state index contributed by atoms with van der Waals surface area (Å²) in [7, 11) is 1.89. The van der Waals surface area contributed by atoms with E-state index in [9.17, 15) is 0 Å². The van der Waals surface area contributed by atoms with E-state index in [-0.39, 0.29) is 0 Å². The molecule has 0 radical (unpaired) electrons. The summed E-state index contributed by atoms with van der Waals surface area (Å²) < 4.78 is 0. The topological polar surface area (TPSA) is 27.0 Å². The van der Waals surface area contributed by atoms with Crippen molar-refractivity contribution in [3.63, 3.8) is 0 Å². The predicted octanol–water partition coefficient (Wildman–Crippen LogP) is 3.03. The van der Waals surface area contributed by atoms with Gasteiger partial charge < -0.3 is 0 Å². The fourth-order valence-electron chi connectivity index (χ4n) is 1.29. The molecule has 0 aliphatic carbocycles. The minimum absolute atomic E-state index is 0.545. The van der Waals surface area contributed by atoms with Crippen molar-refractivity contribution in [1.29, 1.82) is 5.26 Å². The second kappa shape index (κ2) is 10.3. The highest BCUT2D eigenvalue weighted by molar-refractivity contribution is 7.52. The molecule has 0 aromatic heterocycles. The first-order valence-electron chi connectivity index (χ1n) is 4.44. The summed E-state index contributed by atoms with van der Waals surface area (Å²) >= 11 is 4.56. The zero-order chi connectivity index (χ0) is 10.9. The maximum Gasteiger partial charge on any atom is 0.0635 e. The molecule has 0 N–H and O–H groups in total. The van der Waals surface area contributed by atoms with Crippen LogP contribution in [-0.4, -0.2) is 23.5 Å². The van der Waals surface area contributed by atoms with Crippen LogP contribution < -0.4 is 0 Å². The van der Waals surface area contributed by atoms with Crippen LogP contribution in [0.25, 0.3) is 0 Å². The minimum Gasteiger partial charge on any atom is -0.298 e. The van der Waals surface area contributed by atoms with E-state index in [1.165, 1.54) is 0 Å². The maximum absolute atomic E-state index is 8.40. The van der Waals surface area contributed by atoms with Crippen LogP contribution in [0.3, 0.4) is 0 Å². The average Bonchev–Trinajstić information content (AvgIpc) is 2.07. The normalized spacial score (nSPS) is 9.85. The van der Waals surface area contributed by atoms with Crippen LogP contribution in [0.4, 0.5) is 0 Å². The van der Waals surface area contributed by atoms with Crippen molar-refractivity contribution in [3.05, 3.63) is 0 Å². The van der Waals surface area contributed by atoms with Gasteiger partial charge in [-0.1, -0.05) is 0 Å². The molecule has 0 aliphatic heterocycles. The summed E-state index contributed by atoms with van der Waals surface area (Å²) in [6, 6.07) is 3.26. The second-order valence-corrected chi connectivity index (χ2v) is 3.33. The van der Waals surface area contributed by atoms with Gasteiger partial charge in [-0.15, -0.1) is 11.2 Å². The number of hydrogen-bond donors (Lipinski definition) is 0. The highest BCUT2D eigenvalue weighted by Crippen LogP contribution is 2.04. The molecule has 0 aliphatic rings. The lowest BCUT2D eigenvalue weighted by Crippen LogP contribution is -2.37. The molecule has 1 atom stereocenters. The van der Waals surface area contributed by atoms with Crippen LogP contribution in [-0.2, 0) is 0 Å². The van der Waals surface area contributed by atoms with Gasteiger partial charge in [0.25, 0.3) is 0 Å². The van der Waals surface area contributed by atoms with Crippen LogP contribution in [0.15, 0.2) is 0 Å². The number of hydrogen-bond acceptors (Lipinski definition) is 2. The fourth-order valence-corrected chi connectivity index (χ4v) is 1.29. The van der Waals surface area contributed by atoms with Crippen LogP contribution in [0.5, 0.6) is 0 Å². The van der Waals surface area contributed by atoms with Crippen LogP contribution in [0, 0.1) is 11.3 Å². The van der Waals surface area contributed by atoms with Gasteiger partial charge in [0, 0.05) is 25.0 Å². The van der Waals surface area contributed by atoms with Gasteiger partial charge >= 0.3 is 0 Å². The fraction of sp³-hybridized carbons (Fsp3) is 0.889. The van der Waals surface area contributed by atoms with Gasteiger partial charge in [-0.05, 0) is 36.3 Å². The zero-order valence-corrected chi connectivity index (χ0v) is 10.8. The Hall–Kier alpha value is 0.170. The van der Waals surface area contributed by atoms with Crippen molar-refractivity contribution in [2.24, 2.45) is 0 Å². The van der Waals surface area contributed by atoms with Crippen molar-refractivity contribution in [2.45, 2.75) is 46.2 Å². The summed E-state index contributed by atoms with van der Waals surface area (Å²) in [6.45, 7) is 9.55. The van der Waals surface area contributed by atoms with Crippen LogP contribution in [0.2, 0.25) is 0 Å². The number of halogens is 1. The molecule has 0 rings (SSSR count). The molecule has 0 saturated heterocycles. The molecular formula is C9H20ClN2P. The average molecular weight is 223 g/mol. The van der Waals surface area contributed by atoms with Crippen LogP contribution >= 0.6 is 19.8 Å². The van der Waals surface area contributed by atoms with Gasteiger partial charge in [0.1, 0.15) is 0 Å². The summed E-state index contributed by atoms with van der Waals surface area (Å²) in [4.78, 5) is 2.32. The lowest BCUT2D eigenvalue weighted by molar-refractivity contribution is 0.179. The second-order valence-electron chi connectivity index (χ2n) is 3.33. The Morgan fingerprint density at radius 2 is 1.62 bits per heavy atom. The molecule has 13 heavy (non-hydrogen) atoms. The highest BCUT2D eigenvalue weighted by atomic mass is 35.7. The van der Waals surface area contributed by atoms with E-state index in [1.807, 2.05) is 8.59 Å². The van der Waals surface area contributed by atoms with E-state index in [4.69, 9.17) is 5.26 Å². The molecule has 0 aromatic carbocycles. The Morgan fingerprint density at radius 3 is 1.85 bits per heavy atom. The zero-order valence-electron chi connectivity index (χ0n) is 8.92. The lowest BCUT2D eigenvalue weighted by atomic mass is 10.2. The van der Waals surface area contributed by atoms with E-state index in [1.54, 1.807) is 0 Å². The third kappa shape index (κ3) is 8.50. The standard InChI is InChI=1S/C9H18N2.ClH2P/c1-8(2)11(9(3)4)7-5-6-10;1-2/h8-9H,5,7H2,1-4H3;2H2. The smallest absolute Gasteiger partial charge is 0.0635 e. The quantitative estimate of drug-likeness (QED) is 0.684. The maximum atomic E-state index is 8.40. The first kappa shape index (κ1) is 15.6. The highest BCUT2D eigenvalue weighted by Gasteiger charge is 2.11. The first-order chi connectivity index (χ1) is 6.09. The Balaban J connectivity index is 0. The number of rotatable bonds is 4. The van der Waals surface area contributed by atoms with Gasteiger partial charge in [0.15, 0.2) is 0 Å². The van der Waals surface area contributed by atoms with Gasteiger partial charge in [0.05, 0.1) is 6.07 Å². The molecule has 0 bridgehead atoms. The Labute approximate surface area is 89.2 Å². The Morgan fingerprint density at radius 1 is 1.23 bits per heavy atom. The Bertz CT molecular complexity index is 135. The van der Waals surface area contributed by atoms with Crippen molar-refractivity contribution in [3.8, 4) is 6.07 Å². The molecule has 0 amide bonds. The molecule has 0 saturated carbocycles. The summed E-state index contributed by atoms with van der Waals surface area (Å²) in [5.74, 6) is 0. The third-order valence-corrected chi connectivity index (χ3v) is 1.81. The molecule has 0 spiro atoms. The molecule has 2 nitrogen and oxygen atoms in total. The molecule has 78 valence electrons. The third-order valence-electron chi connectivity index (χ3n) is 1.81. The minimum atomic E-state index is 0.545. The molecule has 0 aromatic rings. The monoisotopic (exact) mass is 222 g/mol. The summed E-state index contributed by atoms with van der Waals surface area (Å²) in [5, 5.41) is 8.40. The van der Waals surface area contributed by atoms with E-state index >= 15 is 0 Å². The van der Waals surface area contributed by atoms with Crippen molar-refractivity contribution < 1.29 is 0 Å². The number of nitrogens with zero attached hydrogens (tertiary/aromatic N) is 2. The number of nitriles is 1. The van der Waals surface area contributed by atoms with Gasteiger partial charge in [-0.2, -0.15) is 5.26 Å². The van der Waals surface area contributed by atoms with E-state index in [0.717, 1.165) is 6.54 Å². The van der Waals surface area contributed by atoms with Crippen molar-refractivity contribution >= 4 is 19.8 Å². The Kier molecular flexibility index (Phi) is 12.3. The lowest BCUT2D eigenvalue weighted by Gasteiger charge is -2.29. The largest absolute Gasteiger partial charge is 0.298 e. The van der Waals surface area contributed by atoms with Gasteiger partial charge in [-0.3, -0.25) is 4.90 Å². The van der Waals surface area contributed by atoms with Crippen molar-refractivity contribution in [2.75, 3.05) is 6.54 Å².